The first-order valence-electron chi connectivity index (χ1n) is 6.33. The fraction of sp³-hybridized carbons (Fsp3) is 0.357. The normalized spacial score (nSPS) is 20.4. The number of imide groups is 1. The van der Waals surface area contributed by atoms with E-state index < -0.39 is 0 Å². The number of amides is 2. The molecule has 0 aromatic carbocycles. The zero-order chi connectivity index (χ0) is 13.8. The van der Waals surface area contributed by atoms with Crippen molar-refractivity contribution in [3.63, 3.8) is 0 Å². The summed E-state index contributed by atoms with van der Waals surface area (Å²) in [5.41, 5.74) is 0.917. The van der Waals surface area contributed by atoms with Crippen molar-refractivity contribution in [2.45, 2.75) is 32.6 Å². The largest absolute Gasteiger partial charge is 0.303 e. The Morgan fingerprint density at radius 1 is 1.37 bits per heavy atom. The molecule has 0 spiro atoms. The molecule has 19 heavy (non-hydrogen) atoms. The second kappa shape index (κ2) is 5.65. The van der Waals surface area contributed by atoms with E-state index in [0.717, 1.165) is 5.69 Å². The van der Waals surface area contributed by atoms with Crippen LogP contribution in [0.3, 0.4) is 0 Å². The molecule has 1 atom stereocenters. The first-order valence-corrected chi connectivity index (χ1v) is 6.33. The Hall–Kier alpha value is -2.17. The molecule has 1 aromatic heterocycles. The molecule has 0 aliphatic carbocycles. The third-order valence-corrected chi connectivity index (χ3v) is 3.04. The van der Waals surface area contributed by atoms with Crippen LogP contribution >= 0.6 is 0 Å². The molecule has 2 rings (SSSR count). The predicted molar refractivity (Wildman–Crippen MR) is 73.1 cm³/mol. The van der Waals surface area contributed by atoms with Gasteiger partial charge in [-0.25, -0.2) is 4.98 Å². The van der Waals surface area contributed by atoms with Gasteiger partial charge in [-0.1, -0.05) is 12.2 Å². The van der Waals surface area contributed by atoms with Crippen molar-refractivity contribution in [3.05, 3.63) is 29.9 Å². The molecule has 2 amide bonds. The van der Waals surface area contributed by atoms with Gasteiger partial charge in [0.1, 0.15) is 5.82 Å². The van der Waals surface area contributed by atoms with E-state index in [-0.39, 0.29) is 17.7 Å². The molecule has 1 aliphatic rings. The molecule has 1 aliphatic heterocycles. The zero-order valence-corrected chi connectivity index (χ0v) is 11.1. The van der Waals surface area contributed by atoms with Gasteiger partial charge >= 0.3 is 0 Å². The van der Waals surface area contributed by atoms with E-state index in [1.807, 2.05) is 42.8 Å². The molecule has 100 valence electrons. The number of carbonyl (C=O) groups excluding carboxylic acids is 2. The minimum absolute atomic E-state index is 0.209. The highest BCUT2D eigenvalue weighted by molar-refractivity contribution is 6.00. The topological polar surface area (TPSA) is 64.0 Å². The van der Waals surface area contributed by atoms with Crippen molar-refractivity contribution in [2.75, 3.05) is 0 Å². The molecule has 1 fully saturated rings. The molecule has 1 N–H and O–H groups in total. The fourth-order valence-corrected chi connectivity index (χ4v) is 2.19. The Bertz CT molecular complexity index is 555. The number of hydrogen-bond donors (Lipinski definition) is 1. The van der Waals surface area contributed by atoms with Crippen LogP contribution in [-0.2, 0) is 9.59 Å². The van der Waals surface area contributed by atoms with Gasteiger partial charge in [0.15, 0.2) is 0 Å². The summed E-state index contributed by atoms with van der Waals surface area (Å²) in [7, 11) is 0. The number of carbonyl (C=O) groups is 2. The van der Waals surface area contributed by atoms with E-state index in [2.05, 4.69) is 10.3 Å². The second-order valence-electron chi connectivity index (χ2n) is 4.40. The average molecular weight is 259 g/mol. The Labute approximate surface area is 112 Å². The number of nitrogens with one attached hydrogen (secondary N) is 1. The van der Waals surface area contributed by atoms with Crippen LogP contribution < -0.4 is 5.32 Å². The second-order valence-corrected chi connectivity index (χ2v) is 4.40. The van der Waals surface area contributed by atoms with Gasteiger partial charge in [-0.05, 0) is 26.3 Å². The van der Waals surface area contributed by atoms with Crippen molar-refractivity contribution in [2.24, 2.45) is 0 Å². The smallest absolute Gasteiger partial charge is 0.237 e. The summed E-state index contributed by atoms with van der Waals surface area (Å²) in [4.78, 5) is 27.4. The molecule has 5 heteroatoms. The summed E-state index contributed by atoms with van der Waals surface area (Å²) >= 11 is 0. The minimum Gasteiger partial charge on any atom is -0.303 e. The zero-order valence-electron chi connectivity index (χ0n) is 11.1. The highest BCUT2D eigenvalue weighted by atomic mass is 16.2. The first kappa shape index (κ1) is 13.3. The monoisotopic (exact) mass is 259 g/mol. The SMILES string of the molecule is C/C=C\c1cnc(C2CCC(=O)NC2=O)n1/C=C\C. The van der Waals surface area contributed by atoms with E-state index in [4.69, 9.17) is 0 Å². The lowest BCUT2D eigenvalue weighted by Crippen LogP contribution is -2.40. The molecule has 2 heterocycles. The van der Waals surface area contributed by atoms with Gasteiger partial charge in [0, 0.05) is 12.6 Å². The Balaban J connectivity index is 2.39. The molecule has 0 bridgehead atoms. The lowest BCUT2D eigenvalue weighted by Gasteiger charge is -2.20. The van der Waals surface area contributed by atoms with Gasteiger partial charge in [0.05, 0.1) is 17.8 Å². The predicted octanol–water partition coefficient (Wildman–Crippen LogP) is 1.93. The average Bonchev–Trinajstić information content (AvgIpc) is 2.74. The van der Waals surface area contributed by atoms with E-state index in [0.29, 0.717) is 18.7 Å². The van der Waals surface area contributed by atoms with Crippen molar-refractivity contribution in [1.82, 2.24) is 14.9 Å². The Morgan fingerprint density at radius 2 is 2.16 bits per heavy atom. The van der Waals surface area contributed by atoms with Gasteiger partial charge < -0.3 is 4.57 Å². The van der Waals surface area contributed by atoms with Crippen LogP contribution in [-0.4, -0.2) is 21.4 Å². The summed E-state index contributed by atoms with van der Waals surface area (Å²) in [6.45, 7) is 3.84. The van der Waals surface area contributed by atoms with E-state index in [1.165, 1.54) is 0 Å². The minimum atomic E-state index is -0.368. The molecular formula is C14H17N3O2. The quantitative estimate of drug-likeness (QED) is 0.843. The third kappa shape index (κ3) is 2.65. The first-order chi connectivity index (χ1) is 9.17. The van der Waals surface area contributed by atoms with Crippen LogP contribution in [0.2, 0.25) is 0 Å². The van der Waals surface area contributed by atoms with E-state index in [9.17, 15) is 9.59 Å². The number of allylic oxidation sites excluding steroid dienone is 2. The number of aromatic nitrogens is 2. The lowest BCUT2D eigenvalue weighted by atomic mass is 9.97. The molecule has 1 aromatic rings. The van der Waals surface area contributed by atoms with Crippen LogP contribution in [0, 0.1) is 0 Å². The summed E-state index contributed by atoms with van der Waals surface area (Å²) in [5.74, 6) is -0.164. The molecule has 1 saturated heterocycles. The Kier molecular flexibility index (Phi) is 3.94. The molecule has 1 unspecified atom stereocenters. The number of hydrogen-bond acceptors (Lipinski definition) is 3. The molecule has 0 radical (unpaired) electrons. The summed E-state index contributed by atoms with van der Waals surface area (Å²) in [6.07, 6.45) is 10.2. The van der Waals surface area contributed by atoms with Gasteiger partial charge in [-0.3, -0.25) is 14.9 Å². The number of nitrogens with zero attached hydrogens (tertiary/aromatic N) is 2. The lowest BCUT2D eigenvalue weighted by molar-refractivity contribution is -0.134. The number of piperidine rings is 1. The van der Waals surface area contributed by atoms with Crippen LogP contribution in [0.25, 0.3) is 12.3 Å². The van der Waals surface area contributed by atoms with Crippen molar-refractivity contribution >= 4 is 24.1 Å². The number of imidazole rings is 1. The van der Waals surface area contributed by atoms with Crippen molar-refractivity contribution < 1.29 is 9.59 Å². The van der Waals surface area contributed by atoms with Crippen LogP contribution in [0.1, 0.15) is 44.1 Å². The third-order valence-electron chi connectivity index (χ3n) is 3.04. The molecule has 0 saturated carbocycles. The fourth-order valence-electron chi connectivity index (χ4n) is 2.19. The van der Waals surface area contributed by atoms with Gasteiger partial charge in [0.25, 0.3) is 0 Å². The molecule has 5 nitrogen and oxygen atoms in total. The van der Waals surface area contributed by atoms with Gasteiger partial charge in [-0.15, -0.1) is 0 Å². The maximum atomic E-state index is 11.9. The highest BCUT2D eigenvalue weighted by Gasteiger charge is 2.31. The van der Waals surface area contributed by atoms with Gasteiger partial charge in [0.2, 0.25) is 11.8 Å². The number of rotatable bonds is 3. The standard InChI is InChI=1S/C14H17N3O2/c1-3-5-10-9-15-13(17(10)8-4-2)11-6-7-12(18)16-14(11)19/h3-5,8-9,11H,6-7H2,1-2H3,(H,16,18,19)/b5-3-,8-4-. The van der Waals surface area contributed by atoms with Crippen molar-refractivity contribution in [1.29, 1.82) is 0 Å². The summed E-state index contributed by atoms with van der Waals surface area (Å²) in [6, 6.07) is 0. The van der Waals surface area contributed by atoms with E-state index >= 15 is 0 Å². The van der Waals surface area contributed by atoms with Crippen LogP contribution in [0.15, 0.2) is 18.3 Å². The van der Waals surface area contributed by atoms with E-state index in [1.54, 1.807) is 6.20 Å². The maximum absolute atomic E-state index is 11.9. The summed E-state index contributed by atoms with van der Waals surface area (Å²) in [5, 5.41) is 2.37. The Morgan fingerprint density at radius 3 is 2.79 bits per heavy atom. The highest BCUT2D eigenvalue weighted by Crippen LogP contribution is 2.25. The van der Waals surface area contributed by atoms with Crippen LogP contribution in [0.4, 0.5) is 0 Å². The molecular weight excluding hydrogens is 242 g/mol. The van der Waals surface area contributed by atoms with Gasteiger partial charge in [-0.2, -0.15) is 0 Å². The maximum Gasteiger partial charge on any atom is 0.237 e. The van der Waals surface area contributed by atoms with Crippen molar-refractivity contribution in [3.8, 4) is 0 Å². The summed E-state index contributed by atoms with van der Waals surface area (Å²) < 4.78 is 1.89. The van der Waals surface area contributed by atoms with Crippen LogP contribution in [0.5, 0.6) is 0 Å².